The van der Waals surface area contributed by atoms with Crippen molar-refractivity contribution >= 4 is 47.1 Å². The number of hydrogen-bond donors (Lipinski definition) is 0. The highest BCUT2D eigenvalue weighted by atomic mass is 79.9. The predicted molar refractivity (Wildman–Crippen MR) is 118 cm³/mol. The van der Waals surface area contributed by atoms with Crippen molar-refractivity contribution in [3.63, 3.8) is 0 Å². The molecule has 0 N–H and O–H groups in total. The van der Waals surface area contributed by atoms with Crippen LogP contribution in [0.25, 0.3) is 0 Å². The Morgan fingerprint density at radius 1 is 0.577 bits per heavy atom. The second kappa shape index (κ2) is 19.6. The Morgan fingerprint density at radius 3 is 1.04 bits per heavy atom. The molecule has 0 aliphatic heterocycles. The van der Waals surface area contributed by atoms with Crippen LogP contribution in [-0.4, -0.2) is 49.4 Å². The molecule has 0 saturated heterocycles. The van der Waals surface area contributed by atoms with E-state index in [0.717, 1.165) is 36.3 Å². The molecular formula is C16H36Br2O6P2. The van der Waals surface area contributed by atoms with Gasteiger partial charge in [-0.2, -0.15) is 0 Å². The van der Waals surface area contributed by atoms with Crippen molar-refractivity contribution in [2.24, 2.45) is 0 Å². The van der Waals surface area contributed by atoms with E-state index in [-0.39, 0.29) is 0 Å². The average molecular weight is 546 g/mol. The van der Waals surface area contributed by atoms with Crippen molar-refractivity contribution in [3.05, 3.63) is 0 Å². The van der Waals surface area contributed by atoms with Crippen LogP contribution < -0.4 is 0 Å². The molecular weight excluding hydrogens is 510 g/mol. The van der Waals surface area contributed by atoms with E-state index in [9.17, 15) is 9.13 Å². The largest absolute Gasteiger partial charge is 0.330 e. The molecule has 0 aliphatic rings. The first-order valence-electron chi connectivity index (χ1n) is 9.25. The van der Waals surface area contributed by atoms with Crippen LogP contribution in [0.2, 0.25) is 0 Å². The summed E-state index contributed by atoms with van der Waals surface area (Å²) >= 11 is 6.65. The van der Waals surface area contributed by atoms with Gasteiger partial charge in [0, 0.05) is 10.7 Å². The molecule has 0 rings (SSSR count). The maximum absolute atomic E-state index is 11.8. The number of halogens is 2. The Labute approximate surface area is 176 Å². The van der Waals surface area contributed by atoms with Gasteiger partial charge >= 0.3 is 15.2 Å². The van der Waals surface area contributed by atoms with Gasteiger partial charge in [0.25, 0.3) is 0 Å². The van der Waals surface area contributed by atoms with E-state index in [1.54, 1.807) is 0 Å². The number of hydrogen-bond acceptors (Lipinski definition) is 6. The molecule has 160 valence electrons. The quantitative estimate of drug-likeness (QED) is 0.120. The predicted octanol–water partition coefficient (Wildman–Crippen LogP) is 6.86. The zero-order valence-electron chi connectivity index (χ0n) is 16.6. The minimum Gasteiger partial charge on any atom is -0.309 e. The van der Waals surface area contributed by atoms with Gasteiger partial charge < -0.3 is 18.1 Å². The molecule has 10 heteroatoms. The van der Waals surface area contributed by atoms with Gasteiger partial charge in [0.2, 0.25) is 0 Å². The summed E-state index contributed by atoms with van der Waals surface area (Å²) in [6.07, 6.45) is 4.82. The van der Waals surface area contributed by atoms with Gasteiger partial charge in [-0.3, -0.25) is 9.13 Å². The molecule has 0 amide bonds. The standard InChI is InChI=1S/2C8H18BrO3P/c2*1-3-11-13(10,12-4-2)8-6-5-7-9/h2*3-8H2,1-2H3. The molecule has 0 aromatic heterocycles. The molecule has 0 fully saturated rings. The molecule has 26 heavy (non-hydrogen) atoms. The van der Waals surface area contributed by atoms with Gasteiger partial charge in [-0.05, 0) is 53.4 Å². The Hall–Kier alpha value is 1.26. The minimum absolute atomic E-state index is 0.450. The third-order valence-corrected chi connectivity index (χ3v) is 8.39. The maximum Gasteiger partial charge on any atom is 0.330 e. The van der Waals surface area contributed by atoms with Gasteiger partial charge in [0.1, 0.15) is 0 Å². The summed E-state index contributed by atoms with van der Waals surface area (Å²) in [5.74, 6) is 0. The highest BCUT2D eigenvalue weighted by Gasteiger charge is 2.22. The summed E-state index contributed by atoms with van der Waals surface area (Å²) < 4.78 is 44.2. The molecule has 6 nitrogen and oxygen atoms in total. The summed E-state index contributed by atoms with van der Waals surface area (Å²) in [5, 5.41) is 1.87. The number of rotatable bonds is 16. The summed E-state index contributed by atoms with van der Waals surface area (Å²) in [5.41, 5.74) is 0. The van der Waals surface area contributed by atoms with Crippen LogP contribution in [0.5, 0.6) is 0 Å². The van der Waals surface area contributed by atoms with Crippen LogP contribution in [0.1, 0.15) is 53.4 Å². The normalized spacial score (nSPS) is 11.9. The minimum atomic E-state index is -2.77. The van der Waals surface area contributed by atoms with Crippen LogP contribution in [0.3, 0.4) is 0 Å². The SMILES string of the molecule is CCOP(=O)(CCCCBr)OCC.CCOP(=O)(CCCCBr)OCC. The number of alkyl halides is 2. The van der Waals surface area contributed by atoms with Crippen molar-refractivity contribution in [1.29, 1.82) is 0 Å². The van der Waals surface area contributed by atoms with E-state index in [1.165, 1.54) is 0 Å². The lowest BCUT2D eigenvalue weighted by Gasteiger charge is -2.16. The monoisotopic (exact) mass is 544 g/mol. The van der Waals surface area contributed by atoms with Crippen molar-refractivity contribution in [2.75, 3.05) is 49.4 Å². The summed E-state index contributed by atoms with van der Waals surface area (Å²) in [4.78, 5) is 0. The van der Waals surface area contributed by atoms with Crippen LogP contribution in [0.15, 0.2) is 0 Å². The fourth-order valence-electron chi connectivity index (χ4n) is 1.92. The van der Waals surface area contributed by atoms with Crippen LogP contribution in [0, 0.1) is 0 Å². The Balaban J connectivity index is 0. The molecule has 0 unspecified atom stereocenters. The maximum atomic E-state index is 11.8. The molecule has 0 heterocycles. The molecule has 0 saturated carbocycles. The highest BCUT2D eigenvalue weighted by molar-refractivity contribution is 9.09. The van der Waals surface area contributed by atoms with E-state index in [2.05, 4.69) is 31.9 Å². The molecule has 0 atom stereocenters. The molecule has 0 aromatic carbocycles. The zero-order chi connectivity index (χ0) is 20.3. The molecule has 0 aromatic rings. The van der Waals surface area contributed by atoms with E-state index < -0.39 is 15.2 Å². The van der Waals surface area contributed by atoms with Crippen LogP contribution >= 0.6 is 47.1 Å². The lowest BCUT2D eigenvalue weighted by Crippen LogP contribution is -2.00. The Bertz CT molecular complexity index is 343. The van der Waals surface area contributed by atoms with E-state index in [0.29, 0.717) is 38.8 Å². The second-order valence-electron chi connectivity index (χ2n) is 5.13. The smallest absolute Gasteiger partial charge is 0.309 e. The third-order valence-electron chi connectivity index (χ3n) is 2.93. The lowest BCUT2D eigenvalue weighted by atomic mass is 10.4. The van der Waals surface area contributed by atoms with Gasteiger partial charge in [-0.25, -0.2) is 0 Å². The first-order valence-corrected chi connectivity index (χ1v) is 14.9. The molecule has 0 aliphatic carbocycles. The van der Waals surface area contributed by atoms with Gasteiger partial charge in [-0.15, -0.1) is 0 Å². The summed E-state index contributed by atoms with van der Waals surface area (Å²) in [6.45, 7) is 9.12. The van der Waals surface area contributed by atoms with Crippen molar-refractivity contribution in [1.82, 2.24) is 0 Å². The lowest BCUT2D eigenvalue weighted by molar-refractivity contribution is 0.218. The fraction of sp³-hybridized carbons (Fsp3) is 1.00. The fourth-order valence-corrected chi connectivity index (χ4v) is 6.17. The summed E-state index contributed by atoms with van der Waals surface area (Å²) in [6, 6.07) is 0. The molecule has 0 bridgehead atoms. The first kappa shape index (κ1) is 29.5. The molecule has 0 spiro atoms. The average Bonchev–Trinajstić information content (AvgIpc) is 2.57. The summed E-state index contributed by atoms with van der Waals surface area (Å²) in [7, 11) is -5.54. The van der Waals surface area contributed by atoms with Gasteiger partial charge in [-0.1, -0.05) is 31.9 Å². The van der Waals surface area contributed by atoms with Crippen LogP contribution in [0.4, 0.5) is 0 Å². The van der Waals surface area contributed by atoms with Crippen molar-refractivity contribution in [3.8, 4) is 0 Å². The topological polar surface area (TPSA) is 71.1 Å². The van der Waals surface area contributed by atoms with Gasteiger partial charge in [0.15, 0.2) is 0 Å². The Kier molecular flexibility index (Phi) is 22.2. The van der Waals surface area contributed by atoms with Crippen LogP contribution in [-0.2, 0) is 27.2 Å². The van der Waals surface area contributed by atoms with E-state index in [1.807, 2.05) is 27.7 Å². The first-order chi connectivity index (χ1) is 12.4. The highest BCUT2D eigenvalue weighted by Crippen LogP contribution is 2.49. The van der Waals surface area contributed by atoms with Gasteiger partial charge in [0.05, 0.1) is 38.8 Å². The zero-order valence-corrected chi connectivity index (χ0v) is 21.5. The van der Waals surface area contributed by atoms with Crippen molar-refractivity contribution in [2.45, 2.75) is 53.4 Å². The van der Waals surface area contributed by atoms with E-state index in [4.69, 9.17) is 18.1 Å². The number of unbranched alkanes of at least 4 members (excludes halogenated alkanes) is 2. The Morgan fingerprint density at radius 2 is 0.846 bits per heavy atom. The second-order valence-corrected chi connectivity index (χ2v) is 11.1. The third kappa shape index (κ3) is 17.4. The molecule has 0 radical (unpaired) electrons. The van der Waals surface area contributed by atoms with E-state index >= 15 is 0 Å². The van der Waals surface area contributed by atoms with Crippen molar-refractivity contribution < 1.29 is 27.2 Å².